The summed E-state index contributed by atoms with van der Waals surface area (Å²) in [5.41, 5.74) is 3.03. The zero-order valence-corrected chi connectivity index (χ0v) is 17.1. The van der Waals surface area contributed by atoms with E-state index in [2.05, 4.69) is 10.0 Å². The minimum absolute atomic E-state index is 0.0946. The highest BCUT2D eigenvalue weighted by Gasteiger charge is 2.17. The van der Waals surface area contributed by atoms with Gasteiger partial charge in [0.2, 0.25) is 10.0 Å². The van der Waals surface area contributed by atoms with Gasteiger partial charge in [-0.25, -0.2) is 8.42 Å². The number of sulfonamides is 1. The normalized spacial score (nSPS) is 11.0. The predicted molar refractivity (Wildman–Crippen MR) is 107 cm³/mol. The fourth-order valence-electron chi connectivity index (χ4n) is 2.32. The second kappa shape index (κ2) is 9.44. The number of ether oxygens (including phenoxy) is 1. The lowest BCUT2D eigenvalue weighted by Crippen LogP contribution is -2.32. The number of benzene rings is 2. The van der Waals surface area contributed by atoms with Crippen molar-refractivity contribution in [3.8, 4) is 0 Å². The van der Waals surface area contributed by atoms with E-state index in [0.717, 1.165) is 11.1 Å². The van der Waals surface area contributed by atoms with Gasteiger partial charge in [0.05, 0.1) is 4.90 Å². The molecule has 0 unspecified atom stereocenters. The molecule has 0 aliphatic rings. The molecule has 2 aromatic carbocycles. The number of nitrogens with one attached hydrogen (secondary N) is 2. The van der Waals surface area contributed by atoms with E-state index in [1.165, 1.54) is 31.2 Å². The summed E-state index contributed by atoms with van der Waals surface area (Å²) < 4.78 is 31.2. The molecule has 0 bridgehead atoms. The molecule has 8 nitrogen and oxygen atoms in total. The number of hydrogen-bond donors (Lipinski definition) is 2. The van der Waals surface area contributed by atoms with Gasteiger partial charge < -0.3 is 10.1 Å². The maximum atomic E-state index is 12.2. The molecular formula is C20H22N2O6S. The number of carbonyl (C=O) groups excluding carboxylic acids is 3. The molecule has 0 atom stereocenters. The van der Waals surface area contributed by atoms with Crippen molar-refractivity contribution in [2.24, 2.45) is 0 Å². The van der Waals surface area contributed by atoms with Crippen LogP contribution in [0.4, 0.5) is 5.69 Å². The second-order valence-electron chi connectivity index (χ2n) is 6.41. The van der Waals surface area contributed by atoms with Gasteiger partial charge >= 0.3 is 5.97 Å². The van der Waals surface area contributed by atoms with Crippen molar-refractivity contribution in [2.75, 3.05) is 18.5 Å². The monoisotopic (exact) mass is 418 g/mol. The Morgan fingerprint density at radius 3 is 2.21 bits per heavy atom. The standard InChI is InChI=1S/C20H22N2O6S/c1-13-4-7-17(10-14(13)2)22-19(24)12-28-20(25)11-21-29(26,27)18-8-5-16(6-9-18)15(3)23/h4-10,21H,11-12H2,1-3H3,(H,22,24). The topological polar surface area (TPSA) is 119 Å². The number of ketones is 1. The number of anilines is 1. The van der Waals surface area contributed by atoms with Gasteiger partial charge in [-0.15, -0.1) is 0 Å². The van der Waals surface area contributed by atoms with E-state index in [1.807, 2.05) is 19.9 Å². The van der Waals surface area contributed by atoms with Crippen molar-refractivity contribution >= 4 is 33.4 Å². The Bertz CT molecular complexity index is 1030. The summed E-state index contributed by atoms with van der Waals surface area (Å²) in [6.45, 7) is 4.05. The summed E-state index contributed by atoms with van der Waals surface area (Å²) in [7, 11) is -3.96. The first-order valence-corrected chi connectivity index (χ1v) is 10.2. The number of aryl methyl sites for hydroxylation is 2. The Morgan fingerprint density at radius 1 is 0.966 bits per heavy atom. The quantitative estimate of drug-likeness (QED) is 0.500. The maximum Gasteiger partial charge on any atom is 0.321 e. The van der Waals surface area contributed by atoms with Crippen LogP contribution in [-0.4, -0.2) is 39.2 Å². The van der Waals surface area contributed by atoms with E-state index in [4.69, 9.17) is 4.74 Å². The van der Waals surface area contributed by atoms with E-state index in [9.17, 15) is 22.8 Å². The summed E-state index contributed by atoms with van der Waals surface area (Å²) in [5.74, 6) is -1.63. The summed E-state index contributed by atoms with van der Waals surface area (Å²) in [5, 5.41) is 2.60. The van der Waals surface area contributed by atoms with E-state index in [-0.39, 0.29) is 10.7 Å². The highest BCUT2D eigenvalue weighted by Crippen LogP contribution is 2.14. The number of Topliss-reactive ketones (excluding diaryl/α,β-unsaturated/α-hetero) is 1. The molecule has 1 amide bonds. The third-order valence-electron chi connectivity index (χ3n) is 4.13. The first kappa shape index (κ1) is 22.3. The molecular weight excluding hydrogens is 396 g/mol. The third-order valence-corrected chi connectivity index (χ3v) is 5.55. The van der Waals surface area contributed by atoms with Crippen molar-refractivity contribution in [2.45, 2.75) is 25.7 Å². The van der Waals surface area contributed by atoms with E-state index in [0.29, 0.717) is 11.3 Å². The molecule has 9 heteroatoms. The van der Waals surface area contributed by atoms with Crippen molar-refractivity contribution in [1.82, 2.24) is 4.72 Å². The average Bonchev–Trinajstić information content (AvgIpc) is 2.68. The summed E-state index contributed by atoms with van der Waals surface area (Å²) >= 11 is 0. The molecule has 0 aliphatic carbocycles. The lowest BCUT2D eigenvalue weighted by molar-refractivity contribution is -0.146. The molecule has 2 N–H and O–H groups in total. The van der Waals surface area contributed by atoms with Gasteiger partial charge in [-0.2, -0.15) is 4.72 Å². The SMILES string of the molecule is CC(=O)c1ccc(S(=O)(=O)NCC(=O)OCC(=O)Nc2ccc(C)c(C)c2)cc1. The minimum atomic E-state index is -3.96. The highest BCUT2D eigenvalue weighted by atomic mass is 32.2. The summed E-state index contributed by atoms with van der Waals surface area (Å²) in [4.78, 5) is 34.8. The number of hydrogen-bond acceptors (Lipinski definition) is 6. The zero-order valence-electron chi connectivity index (χ0n) is 16.3. The minimum Gasteiger partial charge on any atom is -0.455 e. The molecule has 0 saturated carbocycles. The summed E-state index contributed by atoms with van der Waals surface area (Å²) in [6, 6.07) is 10.7. The molecule has 0 saturated heterocycles. The fraction of sp³-hybridized carbons (Fsp3) is 0.250. The van der Waals surface area contributed by atoms with Crippen LogP contribution >= 0.6 is 0 Å². The summed E-state index contributed by atoms with van der Waals surface area (Å²) in [6.07, 6.45) is 0. The molecule has 0 aromatic heterocycles. The van der Waals surface area contributed by atoms with Crippen LogP contribution in [0.25, 0.3) is 0 Å². The van der Waals surface area contributed by atoms with Gasteiger partial charge in [0, 0.05) is 11.3 Å². The molecule has 2 aromatic rings. The first-order valence-electron chi connectivity index (χ1n) is 8.72. The Morgan fingerprint density at radius 2 is 1.62 bits per heavy atom. The van der Waals surface area contributed by atoms with E-state index >= 15 is 0 Å². The van der Waals surface area contributed by atoms with Crippen LogP contribution < -0.4 is 10.0 Å². The van der Waals surface area contributed by atoms with E-state index < -0.39 is 35.1 Å². The van der Waals surface area contributed by atoms with Crippen LogP contribution in [0.3, 0.4) is 0 Å². The second-order valence-corrected chi connectivity index (χ2v) is 8.18. The number of carbonyl (C=O) groups is 3. The van der Waals surface area contributed by atoms with Crippen LogP contribution in [0.2, 0.25) is 0 Å². The largest absolute Gasteiger partial charge is 0.455 e. The molecule has 0 aliphatic heterocycles. The van der Waals surface area contributed by atoms with Crippen LogP contribution in [-0.2, 0) is 24.3 Å². The van der Waals surface area contributed by atoms with Gasteiger partial charge in [0.25, 0.3) is 5.91 Å². The maximum absolute atomic E-state index is 12.2. The van der Waals surface area contributed by atoms with Crippen molar-refractivity contribution < 1.29 is 27.5 Å². The fourth-order valence-corrected chi connectivity index (χ4v) is 3.29. The van der Waals surface area contributed by atoms with Crippen LogP contribution in [0, 0.1) is 13.8 Å². The van der Waals surface area contributed by atoms with Gasteiger partial charge in [0.1, 0.15) is 6.54 Å². The third kappa shape index (κ3) is 6.51. The van der Waals surface area contributed by atoms with Crippen molar-refractivity contribution in [3.05, 3.63) is 59.2 Å². The van der Waals surface area contributed by atoms with Gasteiger partial charge in [-0.1, -0.05) is 18.2 Å². The molecule has 0 fully saturated rings. The Kier molecular flexibility index (Phi) is 7.24. The molecule has 2 rings (SSSR count). The molecule has 29 heavy (non-hydrogen) atoms. The van der Waals surface area contributed by atoms with Gasteiger partial charge in [-0.05, 0) is 56.2 Å². The first-order chi connectivity index (χ1) is 13.6. The smallest absolute Gasteiger partial charge is 0.321 e. The Labute approximate surface area is 169 Å². The lowest BCUT2D eigenvalue weighted by Gasteiger charge is -2.09. The van der Waals surface area contributed by atoms with Crippen molar-refractivity contribution in [1.29, 1.82) is 0 Å². The van der Waals surface area contributed by atoms with Crippen LogP contribution in [0.15, 0.2) is 47.4 Å². The Hall–Kier alpha value is -3.04. The van der Waals surface area contributed by atoms with Crippen molar-refractivity contribution in [3.63, 3.8) is 0 Å². The van der Waals surface area contributed by atoms with Gasteiger partial charge in [0.15, 0.2) is 12.4 Å². The van der Waals surface area contributed by atoms with E-state index in [1.54, 1.807) is 12.1 Å². The number of rotatable bonds is 8. The predicted octanol–water partition coefficient (Wildman–Crippen LogP) is 1.97. The molecule has 0 radical (unpaired) electrons. The zero-order chi connectivity index (χ0) is 21.6. The lowest BCUT2D eigenvalue weighted by atomic mass is 10.1. The van der Waals surface area contributed by atoms with Gasteiger partial charge in [-0.3, -0.25) is 14.4 Å². The molecule has 0 spiro atoms. The molecule has 0 heterocycles. The van der Waals surface area contributed by atoms with Crippen LogP contribution in [0.5, 0.6) is 0 Å². The number of amides is 1. The average molecular weight is 418 g/mol. The number of esters is 1. The molecule has 154 valence electrons. The Balaban J connectivity index is 1.83. The highest BCUT2D eigenvalue weighted by molar-refractivity contribution is 7.89. The van der Waals surface area contributed by atoms with Crippen LogP contribution in [0.1, 0.15) is 28.4 Å².